The molecule has 0 spiro atoms. The molecule has 0 radical (unpaired) electrons. The third kappa shape index (κ3) is 3.95. The Morgan fingerprint density at radius 2 is 2.00 bits per heavy atom. The number of thiocarbonyl (C=S) groups is 1. The van der Waals surface area contributed by atoms with Gasteiger partial charge in [-0.25, -0.2) is 0 Å². The van der Waals surface area contributed by atoms with E-state index in [1.54, 1.807) is 12.1 Å². The average molecular weight is 310 g/mol. The van der Waals surface area contributed by atoms with E-state index in [-0.39, 0.29) is 5.41 Å². The molecule has 0 saturated carbocycles. The Labute approximate surface area is 128 Å². The van der Waals surface area contributed by atoms with Gasteiger partial charge in [-0.3, -0.25) is 0 Å². The van der Waals surface area contributed by atoms with Crippen molar-refractivity contribution in [3.63, 3.8) is 0 Å². The van der Waals surface area contributed by atoms with E-state index in [1.165, 1.54) is 0 Å². The first-order valence-corrected chi connectivity index (χ1v) is 6.94. The van der Waals surface area contributed by atoms with Gasteiger partial charge >= 0.3 is 0 Å². The van der Waals surface area contributed by atoms with Crippen molar-refractivity contribution >= 4 is 40.4 Å². The Bertz CT molecular complexity index is 619. The van der Waals surface area contributed by atoms with Gasteiger partial charge in [0.25, 0.3) is 0 Å². The molecule has 0 aliphatic rings. The zero-order valence-corrected chi connectivity index (χ0v) is 13.1. The maximum Gasteiger partial charge on any atom is 0.176 e. The third-order valence-corrected chi connectivity index (χ3v) is 3.01. The molecule has 2 aromatic rings. The fourth-order valence-corrected chi connectivity index (χ4v) is 1.95. The number of halogens is 1. The van der Waals surface area contributed by atoms with E-state index < -0.39 is 0 Å². The topological polar surface area (TPSA) is 50.1 Å². The van der Waals surface area contributed by atoms with Crippen LogP contribution in [0.25, 0.3) is 0 Å². The largest absolute Gasteiger partial charge is 0.359 e. The molecule has 1 heterocycles. The van der Waals surface area contributed by atoms with Gasteiger partial charge in [0.15, 0.2) is 10.9 Å². The number of hydrogen-bond acceptors (Lipinski definition) is 3. The second-order valence-corrected chi connectivity index (χ2v) is 6.26. The van der Waals surface area contributed by atoms with Crippen molar-refractivity contribution in [2.24, 2.45) is 0 Å². The summed E-state index contributed by atoms with van der Waals surface area (Å²) in [7, 11) is 0. The van der Waals surface area contributed by atoms with Crippen molar-refractivity contribution < 1.29 is 4.52 Å². The van der Waals surface area contributed by atoms with Crippen molar-refractivity contribution in [1.29, 1.82) is 0 Å². The van der Waals surface area contributed by atoms with Crippen molar-refractivity contribution in [3.8, 4) is 0 Å². The van der Waals surface area contributed by atoms with Crippen LogP contribution < -0.4 is 10.6 Å². The Hall–Kier alpha value is -1.59. The fraction of sp³-hybridized carbons (Fsp3) is 0.286. The summed E-state index contributed by atoms with van der Waals surface area (Å²) >= 11 is 11.1. The average Bonchev–Trinajstić information content (AvgIpc) is 2.76. The van der Waals surface area contributed by atoms with Gasteiger partial charge in [0.05, 0.1) is 0 Å². The first kappa shape index (κ1) is 14.8. The molecule has 2 rings (SSSR count). The summed E-state index contributed by atoms with van der Waals surface area (Å²) in [5, 5.41) is 11.0. The van der Waals surface area contributed by atoms with Gasteiger partial charge in [-0.05, 0) is 30.4 Å². The van der Waals surface area contributed by atoms with Crippen LogP contribution in [0.5, 0.6) is 0 Å². The summed E-state index contributed by atoms with van der Waals surface area (Å²) in [6.45, 7) is 6.17. The van der Waals surface area contributed by atoms with Crippen molar-refractivity contribution in [2.75, 3.05) is 10.6 Å². The molecular weight excluding hydrogens is 294 g/mol. The minimum absolute atomic E-state index is 0.0884. The van der Waals surface area contributed by atoms with Crippen LogP contribution in [-0.4, -0.2) is 10.3 Å². The summed E-state index contributed by atoms with van der Waals surface area (Å²) in [5.41, 5.74) is 0.726. The molecule has 6 heteroatoms. The summed E-state index contributed by atoms with van der Waals surface area (Å²) in [6, 6.07) is 9.16. The molecule has 2 N–H and O–H groups in total. The Morgan fingerprint density at radius 1 is 1.25 bits per heavy atom. The highest BCUT2D eigenvalue weighted by atomic mass is 35.5. The lowest BCUT2D eigenvalue weighted by Crippen LogP contribution is -2.19. The normalized spacial score (nSPS) is 11.2. The van der Waals surface area contributed by atoms with E-state index in [9.17, 15) is 0 Å². The van der Waals surface area contributed by atoms with Crippen LogP contribution in [-0.2, 0) is 5.41 Å². The molecule has 0 atom stereocenters. The number of nitrogens with zero attached hydrogens (tertiary/aromatic N) is 1. The van der Waals surface area contributed by atoms with Gasteiger partial charge in [-0.1, -0.05) is 43.6 Å². The molecule has 0 aliphatic heterocycles. The third-order valence-electron chi connectivity index (χ3n) is 2.57. The highest BCUT2D eigenvalue weighted by Crippen LogP contribution is 2.24. The van der Waals surface area contributed by atoms with Gasteiger partial charge in [-0.15, -0.1) is 0 Å². The number of nitrogens with one attached hydrogen (secondary N) is 2. The van der Waals surface area contributed by atoms with Crippen LogP contribution in [0.1, 0.15) is 26.5 Å². The van der Waals surface area contributed by atoms with E-state index in [0.29, 0.717) is 16.0 Å². The van der Waals surface area contributed by atoms with Crippen molar-refractivity contribution in [3.05, 3.63) is 41.1 Å². The van der Waals surface area contributed by atoms with Crippen molar-refractivity contribution in [2.45, 2.75) is 26.2 Å². The second kappa shape index (κ2) is 5.81. The zero-order valence-electron chi connectivity index (χ0n) is 11.5. The number of hydrogen-bond donors (Lipinski definition) is 2. The Morgan fingerprint density at radius 3 is 2.60 bits per heavy atom. The van der Waals surface area contributed by atoms with Crippen LogP contribution in [0, 0.1) is 0 Å². The highest BCUT2D eigenvalue weighted by Gasteiger charge is 2.19. The van der Waals surface area contributed by atoms with E-state index in [2.05, 4.69) is 36.6 Å². The summed E-state index contributed by atoms with van der Waals surface area (Å²) in [6.07, 6.45) is 0. The lowest BCUT2D eigenvalue weighted by molar-refractivity contribution is 0.331. The van der Waals surface area contributed by atoms with Gasteiger partial charge in [0.2, 0.25) is 0 Å². The molecule has 0 fully saturated rings. The number of aromatic nitrogens is 1. The predicted octanol–water partition coefficient (Wildman–Crippen LogP) is 4.43. The summed E-state index contributed by atoms with van der Waals surface area (Å²) in [5.74, 6) is 1.38. The molecule has 1 aromatic heterocycles. The smallest absolute Gasteiger partial charge is 0.176 e. The molecule has 1 aromatic carbocycles. The molecule has 4 nitrogen and oxygen atoms in total. The van der Waals surface area contributed by atoms with E-state index in [4.69, 9.17) is 28.3 Å². The van der Waals surface area contributed by atoms with E-state index >= 15 is 0 Å². The number of anilines is 2. The van der Waals surface area contributed by atoms with E-state index in [1.807, 2.05) is 18.2 Å². The molecule has 0 bridgehead atoms. The molecule has 0 unspecified atom stereocenters. The molecule has 0 aliphatic carbocycles. The molecule has 20 heavy (non-hydrogen) atoms. The first-order chi connectivity index (χ1) is 9.34. The second-order valence-electron chi connectivity index (χ2n) is 5.42. The van der Waals surface area contributed by atoms with Crippen LogP contribution in [0.3, 0.4) is 0 Å². The quantitative estimate of drug-likeness (QED) is 0.803. The standard InChI is InChI=1S/C14H16ClN3OS/c1-14(2,3)11-8-12(18-19-11)17-13(20)16-10-6-4-5-9(15)7-10/h4-8H,1-3H3,(H2,16,17,18,20). The summed E-state index contributed by atoms with van der Waals surface area (Å²) in [4.78, 5) is 0. The van der Waals surface area contributed by atoms with E-state index in [0.717, 1.165) is 11.4 Å². The summed E-state index contributed by atoms with van der Waals surface area (Å²) < 4.78 is 5.28. The minimum atomic E-state index is -0.0884. The number of benzene rings is 1. The van der Waals surface area contributed by atoms with Gasteiger partial charge < -0.3 is 15.2 Å². The fourth-order valence-electron chi connectivity index (χ4n) is 1.53. The van der Waals surface area contributed by atoms with Crippen LogP contribution in [0.15, 0.2) is 34.9 Å². The maximum absolute atomic E-state index is 5.91. The number of rotatable bonds is 2. The first-order valence-electron chi connectivity index (χ1n) is 6.15. The van der Waals surface area contributed by atoms with Crippen LogP contribution in [0.2, 0.25) is 5.02 Å². The monoisotopic (exact) mass is 309 g/mol. The molecular formula is C14H16ClN3OS. The highest BCUT2D eigenvalue weighted by molar-refractivity contribution is 7.80. The lowest BCUT2D eigenvalue weighted by atomic mass is 9.93. The molecule has 0 saturated heterocycles. The Kier molecular flexibility index (Phi) is 4.30. The SMILES string of the molecule is CC(C)(C)c1cc(NC(=S)Nc2cccc(Cl)c2)no1. The molecule has 106 valence electrons. The predicted molar refractivity (Wildman–Crippen MR) is 86.5 cm³/mol. The van der Waals surface area contributed by atoms with Gasteiger partial charge in [0, 0.05) is 22.2 Å². The zero-order chi connectivity index (χ0) is 14.8. The lowest BCUT2D eigenvalue weighted by Gasteiger charge is -2.12. The maximum atomic E-state index is 5.91. The van der Waals surface area contributed by atoms with Gasteiger partial charge in [0.1, 0.15) is 5.76 Å². The Balaban J connectivity index is 2.00. The van der Waals surface area contributed by atoms with Crippen LogP contribution in [0.4, 0.5) is 11.5 Å². The van der Waals surface area contributed by atoms with Crippen molar-refractivity contribution in [1.82, 2.24) is 5.16 Å². The van der Waals surface area contributed by atoms with Gasteiger partial charge in [-0.2, -0.15) is 0 Å². The van der Waals surface area contributed by atoms with Crippen LogP contribution >= 0.6 is 23.8 Å². The molecule has 0 amide bonds. The minimum Gasteiger partial charge on any atom is -0.359 e.